The molecule has 1 unspecified atom stereocenters. The summed E-state index contributed by atoms with van der Waals surface area (Å²) >= 11 is 1.67. The quantitative estimate of drug-likeness (QED) is 0.479. The van der Waals surface area contributed by atoms with Crippen molar-refractivity contribution in [3.8, 4) is 0 Å². The van der Waals surface area contributed by atoms with Gasteiger partial charge in [0, 0.05) is 6.07 Å². The molecular weight excluding hydrogens is 282 g/mol. The first-order chi connectivity index (χ1) is 10.0. The highest BCUT2D eigenvalue weighted by molar-refractivity contribution is 8.03. The molecule has 3 rings (SSSR count). The van der Waals surface area contributed by atoms with Gasteiger partial charge in [0.05, 0.1) is 30.8 Å². The molecule has 2 aromatic rings. The first kappa shape index (κ1) is 14.2. The van der Waals surface area contributed by atoms with E-state index in [1.54, 1.807) is 30.0 Å². The fourth-order valence-electron chi connectivity index (χ4n) is 2.53. The highest BCUT2D eigenvalue weighted by Crippen LogP contribution is 2.50. The van der Waals surface area contributed by atoms with E-state index in [1.165, 1.54) is 22.4 Å². The first-order valence-corrected chi connectivity index (χ1v) is 7.81. The smallest absolute Gasteiger partial charge is 0.227 e. The fraction of sp³-hybridized carbons (Fsp3) is 0.235. The maximum Gasteiger partial charge on any atom is 0.227 e. The summed E-state index contributed by atoms with van der Waals surface area (Å²) in [4.78, 5) is 13.5. The molecule has 0 amide bonds. The van der Waals surface area contributed by atoms with Crippen LogP contribution in [0.4, 0.5) is 5.69 Å². The third-order valence-corrected chi connectivity index (χ3v) is 5.29. The highest BCUT2D eigenvalue weighted by Gasteiger charge is 2.40. The third-order valence-electron chi connectivity index (χ3n) is 4.00. The Hall–Kier alpha value is -1.78. The summed E-state index contributed by atoms with van der Waals surface area (Å²) in [6.07, 6.45) is 3.24. The van der Waals surface area contributed by atoms with Gasteiger partial charge in [0.1, 0.15) is 0 Å². The molecule has 4 heteroatoms. The number of thioether (sulfide) groups is 1. The summed E-state index contributed by atoms with van der Waals surface area (Å²) in [6, 6.07) is 9.90. The normalized spacial score (nSPS) is 22.5. The maximum atomic E-state index is 12.3. The summed E-state index contributed by atoms with van der Waals surface area (Å²) in [5.74, 6) is 0.308. The second kappa shape index (κ2) is 5.20. The Morgan fingerprint density at radius 1 is 1.38 bits per heavy atom. The number of fused-ring (bicyclic) bond motifs is 1. The van der Waals surface area contributed by atoms with Gasteiger partial charge in [0.15, 0.2) is 16.5 Å². The van der Waals surface area contributed by atoms with Gasteiger partial charge in [0.2, 0.25) is 5.78 Å². The number of furan rings is 1. The van der Waals surface area contributed by atoms with E-state index in [0.717, 1.165) is 11.6 Å². The number of hydrogen-bond donors (Lipinski definition) is 0. The van der Waals surface area contributed by atoms with E-state index in [-0.39, 0.29) is 5.78 Å². The lowest BCUT2D eigenvalue weighted by Gasteiger charge is -2.28. The van der Waals surface area contributed by atoms with Crippen molar-refractivity contribution in [2.45, 2.75) is 18.7 Å². The number of rotatable bonds is 3. The van der Waals surface area contributed by atoms with Gasteiger partial charge in [-0.05, 0) is 49.4 Å². The Morgan fingerprint density at radius 3 is 2.86 bits per heavy atom. The van der Waals surface area contributed by atoms with Gasteiger partial charge in [-0.3, -0.25) is 9.28 Å². The van der Waals surface area contributed by atoms with Crippen molar-refractivity contribution in [2.24, 2.45) is 0 Å². The molecule has 0 aliphatic carbocycles. The van der Waals surface area contributed by atoms with E-state index in [1.807, 2.05) is 0 Å². The lowest BCUT2D eigenvalue weighted by molar-refractivity contribution is 0.102. The third kappa shape index (κ3) is 2.34. The van der Waals surface area contributed by atoms with Crippen LogP contribution in [0.15, 0.2) is 57.0 Å². The van der Waals surface area contributed by atoms with Crippen LogP contribution < -0.4 is 4.48 Å². The van der Waals surface area contributed by atoms with E-state index in [2.05, 4.69) is 39.1 Å². The molecule has 1 aromatic heterocycles. The van der Waals surface area contributed by atoms with Crippen LogP contribution in [0, 0.1) is 6.92 Å². The number of nitrogens with zero attached hydrogens (tertiary/aromatic N) is 1. The molecule has 0 saturated carbocycles. The number of hydrogen-bond acceptors (Lipinski definition) is 3. The zero-order valence-corrected chi connectivity index (χ0v) is 13.2. The minimum Gasteiger partial charge on any atom is -0.461 e. The monoisotopic (exact) mass is 300 g/mol. The first-order valence-electron chi connectivity index (χ1n) is 6.99. The minimum absolute atomic E-state index is 0.0789. The zero-order chi connectivity index (χ0) is 15.0. The second-order valence-electron chi connectivity index (χ2n) is 5.41. The van der Waals surface area contributed by atoms with E-state index in [9.17, 15) is 4.79 Å². The fourth-order valence-corrected chi connectivity index (χ4v) is 3.85. The molecule has 0 saturated heterocycles. The second-order valence-corrected chi connectivity index (χ2v) is 6.47. The summed E-state index contributed by atoms with van der Waals surface area (Å²) in [5, 5.41) is 1.04. The van der Waals surface area contributed by atoms with Crippen LogP contribution in [0.25, 0.3) is 0 Å². The maximum absolute atomic E-state index is 12.3. The van der Waals surface area contributed by atoms with Crippen molar-refractivity contribution in [1.82, 2.24) is 4.48 Å². The predicted molar refractivity (Wildman–Crippen MR) is 86.4 cm³/mol. The standard InChI is InChI=1S/C17H18NO2S/c1-4-18(3)13-10-12(2)7-8-16(13)21-17(18)11-14(19)15-6-5-9-20-15/h5-11H,4H2,1-3H3/q+1/b17-11-. The topological polar surface area (TPSA) is 30.2 Å². The van der Waals surface area contributed by atoms with Gasteiger partial charge in [-0.25, -0.2) is 0 Å². The molecule has 0 fully saturated rings. The molecule has 1 aromatic carbocycles. The SMILES string of the molecule is CC[N+]1(C)/C(=C/C(=O)c2ccco2)Sc2ccc(C)cc21. The van der Waals surface area contributed by atoms with Crippen molar-refractivity contribution in [1.29, 1.82) is 0 Å². The largest absolute Gasteiger partial charge is 0.461 e. The molecule has 0 bridgehead atoms. The highest BCUT2D eigenvalue weighted by atomic mass is 32.2. The van der Waals surface area contributed by atoms with E-state index < -0.39 is 0 Å². The molecule has 2 heterocycles. The number of carbonyl (C=O) groups excluding carboxylic acids is 1. The Balaban J connectivity index is 2.03. The number of aryl methyl sites for hydroxylation is 1. The van der Waals surface area contributed by atoms with E-state index in [0.29, 0.717) is 10.2 Å². The van der Waals surface area contributed by atoms with E-state index >= 15 is 0 Å². The number of quaternary nitrogens is 1. The van der Waals surface area contributed by atoms with Crippen LogP contribution in [0.5, 0.6) is 0 Å². The average Bonchev–Trinajstić information content (AvgIpc) is 3.08. The molecule has 0 radical (unpaired) electrons. The molecule has 108 valence electrons. The molecule has 3 nitrogen and oxygen atoms in total. The van der Waals surface area contributed by atoms with Crippen LogP contribution in [-0.2, 0) is 0 Å². The van der Waals surface area contributed by atoms with Crippen LogP contribution in [0.2, 0.25) is 0 Å². The minimum atomic E-state index is -0.0789. The summed E-state index contributed by atoms with van der Waals surface area (Å²) in [5.41, 5.74) is 2.51. The molecular formula is C17H18NO2S+. The molecule has 0 spiro atoms. The number of ketones is 1. The molecule has 1 aliphatic rings. The average molecular weight is 300 g/mol. The van der Waals surface area contributed by atoms with Gasteiger partial charge in [-0.1, -0.05) is 6.07 Å². The van der Waals surface area contributed by atoms with Crippen LogP contribution in [0.3, 0.4) is 0 Å². The Morgan fingerprint density at radius 2 is 2.19 bits per heavy atom. The van der Waals surface area contributed by atoms with Gasteiger partial charge in [-0.15, -0.1) is 0 Å². The van der Waals surface area contributed by atoms with Crippen molar-refractivity contribution >= 4 is 23.2 Å². The zero-order valence-electron chi connectivity index (χ0n) is 12.4. The number of carbonyl (C=O) groups is 1. The van der Waals surface area contributed by atoms with Crippen molar-refractivity contribution in [3.05, 3.63) is 59.0 Å². The Bertz CT molecular complexity index is 718. The lowest BCUT2D eigenvalue weighted by atomic mass is 10.2. The van der Waals surface area contributed by atoms with Crippen LogP contribution in [-0.4, -0.2) is 19.4 Å². The number of benzene rings is 1. The van der Waals surface area contributed by atoms with Gasteiger partial charge >= 0.3 is 0 Å². The Kier molecular flexibility index (Phi) is 3.51. The van der Waals surface area contributed by atoms with E-state index in [4.69, 9.17) is 4.42 Å². The van der Waals surface area contributed by atoms with Crippen molar-refractivity contribution < 1.29 is 9.21 Å². The van der Waals surface area contributed by atoms with Crippen molar-refractivity contribution in [2.75, 3.05) is 13.6 Å². The predicted octanol–water partition coefficient (Wildman–Crippen LogP) is 4.38. The van der Waals surface area contributed by atoms with Gasteiger partial charge < -0.3 is 4.42 Å². The molecule has 1 atom stereocenters. The number of allylic oxidation sites excluding steroid dienone is 1. The molecule has 1 aliphatic heterocycles. The lowest BCUT2D eigenvalue weighted by Crippen LogP contribution is -2.40. The van der Waals surface area contributed by atoms with Crippen LogP contribution in [0.1, 0.15) is 23.0 Å². The summed E-state index contributed by atoms with van der Waals surface area (Å²) < 4.78 is 5.85. The Labute approximate surface area is 128 Å². The van der Waals surface area contributed by atoms with Gasteiger partial charge in [-0.2, -0.15) is 0 Å². The summed E-state index contributed by atoms with van der Waals surface area (Å²) in [6.45, 7) is 5.14. The molecule has 0 N–H and O–H groups in total. The van der Waals surface area contributed by atoms with Gasteiger partial charge in [0.25, 0.3) is 0 Å². The summed E-state index contributed by atoms with van der Waals surface area (Å²) in [7, 11) is 2.15. The molecule has 21 heavy (non-hydrogen) atoms. The van der Waals surface area contributed by atoms with Crippen LogP contribution >= 0.6 is 11.8 Å². The van der Waals surface area contributed by atoms with Crippen molar-refractivity contribution in [3.63, 3.8) is 0 Å².